The number of hydrogen-bond donors (Lipinski definition) is 0. The van der Waals surface area contributed by atoms with E-state index in [0.29, 0.717) is 42.8 Å². The third kappa shape index (κ3) is 4.95. The molecule has 0 N–H and O–H groups in total. The molecule has 180 valence electrons. The molecule has 12 heteroatoms. The van der Waals surface area contributed by atoms with Crippen LogP contribution in [0.2, 0.25) is 0 Å². The number of benzene rings is 1. The van der Waals surface area contributed by atoms with Crippen molar-refractivity contribution in [1.82, 2.24) is 19.8 Å². The van der Waals surface area contributed by atoms with Crippen molar-refractivity contribution in [3.8, 4) is 0 Å². The minimum atomic E-state index is -4.67. The average Bonchev–Trinajstić information content (AvgIpc) is 3.28. The number of hydrogen-bond acceptors (Lipinski definition) is 7. The van der Waals surface area contributed by atoms with Crippen LogP contribution in [0.25, 0.3) is 5.65 Å². The Hall–Kier alpha value is -3.70. The summed E-state index contributed by atoms with van der Waals surface area (Å²) in [6.45, 7) is 2.74. The molecule has 0 spiro atoms. The number of halogens is 3. The van der Waals surface area contributed by atoms with E-state index < -0.39 is 23.9 Å². The van der Waals surface area contributed by atoms with E-state index in [1.165, 1.54) is 11.0 Å². The summed E-state index contributed by atoms with van der Waals surface area (Å²) < 4.78 is 45.3. The van der Waals surface area contributed by atoms with Gasteiger partial charge in [-0.05, 0) is 44.0 Å². The third-order valence-electron chi connectivity index (χ3n) is 5.68. The van der Waals surface area contributed by atoms with Crippen LogP contribution in [0.15, 0.2) is 42.5 Å². The molecule has 9 nitrogen and oxygen atoms in total. The van der Waals surface area contributed by atoms with Gasteiger partial charge < -0.3 is 14.5 Å². The topological polar surface area (TPSA) is 92.9 Å². The quantitative estimate of drug-likeness (QED) is 0.505. The van der Waals surface area contributed by atoms with Crippen LogP contribution in [0, 0.1) is 5.92 Å². The normalized spacial score (nSPS) is 14.9. The van der Waals surface area contributed by atoms with Gasteiger partial charge in [-0.25, -0.2) is 0 Å². The van der Waals surface area contributed by atoms with Crippen LogP contribution >= 0.6 is 0 Å². The summed E-state index contributed by atoms with van der Waals surface area (Å²) in [4.78, 5) is 28.4. The highest BCUT2D eigenvalue weighted by Gasteiger charge is 2.38. The molecule has 4 rings (SSSR count). The lowest BCUT2D eigenvalue weighted by molar-refractivity contribution is -0.152. The van der Waals surface area contributed by atoms with E-state index in [0.717, 1.165) is 5.69 Å². The van der Waals surface area contributed by atoms with E-state index in [-0.39, 0.29) is 18.2 Å². The van der Waals surface area contributed by atoms with Gasteiger partial charge in [0.2, 0.25) is 0 Å². The third-order valence-corrected chi connectivity index (χ3v) is 5.68. The van der Waals surface area contributed by atoms with Gasteiger partial charge in [-0.1, -0.05) is 18.2 Å². The van der Waals surface area contributed by atoms with Crippen molar-refractivity contribution in [3.05, 3.63) is 48.3 Å². The largest absolute Gasteiger partial charge is 0.455 e. The lowest BCUT2D eigenvalue weighted by Crippen LogP contribution is -2.39. The Morgan fingerprint density at radius 1 is 1.09 bits per heavy atom. The molecule has 0 aliphatic carbocycles. The molecule has 1 aliphatic heterocycles. The van der Waals surface area contributed by atoms with Crippen LogP contribution in [0.3, 0.4) is 0 Å². The lowest BCUT2D eigenvalue weighted by atomic mass is 9.97. The number of alkyl halides is 3. The van der Waals surface area contributed by atoms with Crippen LogP contribution in [0.4, 0.5) is 24.7 Å². The zero-order valence-electron chi connectivity index (χ0n) is 18.4. The summed E-state index contributed by atoms with van der Waals surface area (Å²) in [5, 5.41) is 10.7. The maximum atomic E-state index is 13.1. The number of piperidine rings is 1. The van der Waals surface area contributed by atoms with Gasteiger partial charge in [-0.2, -0.15) is 17.7 Å². The summed E-state index contributed by atoms with van der Waals surface area (Å²) in [7, 11) is 0. The van der Waals surface area contributed by atoms with E-state index in [4.69, 9.17) is 4.74 Å². The molecule has 0 radical (unpaired) electrons. The highest BCUT2D eigenvalue weighted by atomic mass is 19.4. The lowest BCUT2D eigenvalue weighted by Gasteiger charge is -2.31. The summed E-state index contributed by atoms with van der Waals surface area (Å²) in [5.74, 6) is -2.03. The number of esters is 1. The van der Waals surface area contributed by atoms with Gasteiger partial charge in [0.15, 0.2) is 12.3 Å². The van der Waals surface area contributed by atoms with E-state index in [9.17, 15) is 22.8 Å². The Labute approximate surface area is 193 Å². The van der Waals surface area contributed by atoms with E-state index >= 15 is 0 Å². The van der Waals surface area contributed by atoms with Crippen molar-refractivity contribution in [3.63, 3.8) is 0 Å². The Kier molecular flexibility index (Phi) is 6.66. The van der Waals surface area contributed by atoms with Gasteiger partial charge in [-0.3, -0.25) is 9.59 Å². The number of aromatic nitrogens is 4. The second-order valence-corrected chi connectivity index (χ2v) is 7.83. The van der Waals surface area contributed by atoms with Gasteiger partial charge in [-0.15, -0.1) is 15.3 Å². The molecule has 1 aliphatic rings. The molecule has 0 unspecified atom stereocenters. The van der Waals surface area contributed by atoms with Crippen molar-refractivity contribution >= 4 is 29.0 Å². The fourth-order valence-corrected chi connectivity index (χ4v) is 3.91. The average molecular weight is 476 g/mol. The Bertz CT molecular complexity index is 1160. The van der Waals surface area contributed by atoms with Crippen molar-refractivity contribution in [2.45, 2.75) is 25.9 Å². The maximum Gasteiger partial charge on any atom is 0.453 e. The molecule has 3 aromatic rings. The number of carbonyl (C=O) groups is 2. The highest BCUT2D eigenvalue weighted by molar-refractivity contribution is 5.95. The molecule has 34 heavy (non-hydrogen) atoms. The maximum absolute atomic E-state index is 13.1. The number of carbonyl (C=O) groups excluding carboxylic acids is 2. The van der Waals surface area contributed by atoms with Crippen molar-refractivity contribution in [1.29, 1.82) is 0 Å². The first kappa shape index (κ1) is 23.5. The number of likely N-dealkylation sites (N-methyl/N-ethyl adjacent to an activating group) is 1. The Balaban J connectivity index is 1.33. The first-order chi connectivity index (χ1) is 16.3. The van der Waals surface area contributed by atoms with Crippen LogP contribution in [0.5, 0.6) is 0 Å². The smallest absolute Gasteiger partial charge is 0.453 e. The first-order valence-corrected chi connectivity index (χ1v) is 10.8. The number of rotatable bonds is 6. The second kappa shape index (κ2) is 9.65. The SMILES string of the molecule is CCN(C(=O)COC(=O)C1CCN(c2ccc3nnc(C(F)(F)F)n3n2)CC1)c1ccccc1. The number of anilines is 2. The van der Waals surface area contributed by atoms with E-state index in [2.05, 4.69) is 15.3 Å². The second-order valence-electron chi connectivity index (χ2n) is 7.83. The van der Waals surface area contributed by atoms with Crippen LogP contribution in [-0.2, 0) is 20.5 Å². The molecule has 1 aromatic carbocycles. The number of amides is 1. The van der Waals surface area contributed by atoms with Gasteiger partial charge in [0, 0.05) is 25.3 Å². The molecule has 1 amide bonds. The fourth-order valence-electron chi connectivity index (χ4n) is 3.91. The molecule has 1 fully saturated rings. The summed E-state index contributed by atoms with van der Waals surface area (Å²) in [5.41, 5.74) is 0.724. The first-order valence-electron chi connectivity index (χ1n) is 10.8. The van der Waals surface area contributed by atoms with Crippen LogP contribution in [-0.4, -0.2) is 57.9 Å². The molecule has 0 atom stereocenters. The molecular formula is C22H23F3N6O3. The summed E-state index contributed by atoms with van der Waals surface area (Å²) in [6, 6.07) is 12.1. The number of ether oxygens (including phenoxy) is 1. The predicted molar refractivity (Wildman–Crippen MR) is 116 cm³/mol. The minimum absolute atomic E-state index is 0.00386. The molecule has 0 bridgehead atoms. The Morgan fingerprint density at radius 2 is 1.79 bits per heavy atom. The zero-order valence-corrected chi connectivity index (χ0v) is 18.4. The van der Waals surface area contributed by atoms with Crippen molar-refractivity contribution in [2.75, 3.05) is 36.0 Å². The highest BCUT2D eigenvalue weighted by Crippen LogP contribution is 2.29. The van der Waals surface area contributed by atoms with Crippen molar-refractivity contribution in [2.24, 2.45) is 5.92 Å². The molecular weight excluding hydrogens is 453 g/mol. The fraction of sp³-hybridized carbons (Fsp3) is 0.409. The zero-order chi connectivity index (χ0) is 24.3. The van der Waals surface area contributed by atoms with Gasteiger partial charge in [0.1, 0.15) is 5.82 Å². The molecule has 0 saturated carbocycles. The van der Waals surface area contributed by atoms with Crippen LogP contribution in [0.1, 0.15) is 25.6 Å². The van der Waals surface area contributed by atoms with Crippen molar-refractivity contribution < 1.29 is 27.5 Å². The molecule has 2 aromatic heterocycles. The minimum Gasteiger partial charge on any atom is -0.455 e. The number of fused-ring (bicyclic) bond motifs is 1. The monoisotopic (exact) mass is 476 g/mol. The van der Waals surface area contributed by atoms with E-state index in [1.807, 2.05) is 37.3 Å². The summed E-state index contributed by atoms with van der Waals surface area (Å²) >= 11 is 0. The van der Waals surface area contributed by atoms with Gasteiger partial charge in [0.25, 0.3) is 11.7 Å². The van der Waals surface area contributed by atoms with Gasteiger partial charge in [0.05, 0.1) is 5.92 Å². The predicted octanol–water partition coefficient (Wildman–Crippen LogP) is 2.96. The standard InChI is InChI=1S/C22H23F3N6O3/c1-2-30(16-6-4-3-5-7-16)19(32)14-34-20(33)15-10-12-29(13-11-15)18-9-8-17-26-27-21(22(23,24)25)31(17)28-18/h3-9,15H,2,10-14H2,1H3. The van der Waals surface area contributed by atoms with Gasteiger partial charge >= 0.3 is 12.1 Å². The number of para-hydroxylation sites is 1. The van der Waals surface area contributed by atoms with E-state index in [1.54, 1.807) is 11.0 Å². The summed E-state index contributed by atoms with van der Waals surface area (Å²) in [6.07, 6.45) is -3.82. The Morgan fingerprint density at radius 3 is 2.44 bits per heavy atom. The molecule has 1 saturated heterocycles. The number of nitrogens with zero attached hydrogens (tertiary/aromatic N) is 6. The van der Waals surface area contributed by atoms with Crippen LogP contribution < -0.4 is 9.80 Å². The molecule has 3 heterocycles.